The quantitative estimate of drug-likeness (QED) is 0.839. The minimum absolute atomic E-state index is 0.0235. The summed E-state index contributed by atoms with van der Waals surface area (Å²) in [6, 6.07) is 5.43. The highest BCUT2D eigenvalue weighted by Gasteiger charge is 2.25. The molecule has 1 saturated heterocycles. The Hall–Kier alpha value is -2.70. The second-order valence-electron chi connectivity index (χ2n) is 5.60. The van der Waals surface area contributed by atoms with Gasteiger partial charge in [0.05, 0.1) is 5.56 Å². The molecule has 0 spiro atoms. The largest absolute Gasteiger partial charge is 0.362 e. The molecule has 2 aromatic heterocycles. The molecule has 23 heavy (non-hydrogen) atoms. The lowest BCUT2D eigenvalue weighted by Gasteiger charge is -2.35. The average Bonchev–Trinajstić information content (AvgIpc) is 2.62. The Balaban J connectivity index is 1.69. The molecule has 0 unspecified atom stereocenters. The topological polar surface area (TPSA) is 65.5 Å². The molecule has 2 aromatic rings. The lowest BCUT2D eigenvalue weighted by atomic mass is 10.2. The second kappa shape index (κ2) is 6.60. The van der Waals surface area contributed by atoms with Crippen LogP contribution in [0.3, 0.4) is 0 Å². The standard InChI is InChI=1S/C16H20N6O/c1-20(2)14-13(5-3-6-17-14)15(23)21-9-11-22(12-10-21)16-18-7-4-8-19-16/h3-8H,9-12H2,1-2H3. The minimum Gasteiger partial charge on any atom is -0.362 e. The van der Waals surface area contributed by atoms with Crippen LogP contribution in [0.25, 0.3) is 0 Å². The predicted molar refractivity (Wildman–Crippen MR) is 88.7 cm³/mol. The smallest absolute Gasteiger partial charge is 0.257 e. The van der Waals surface area contributed by atoms with Gasteiger partial charge in [0.25, 0.3) is 5.91 Å². The van der Waals surface area contributed by atoms with Gasteiger partial charge in [-0.15, -0.1) is 0 Å². The van der Waals surface area contributed by atoms with E-state index in [1.807, 2.05) is 30.0 Å². The summed E-state index contributed by atoms with van der Waals surface area (Å²) in [6.07, 6.45) is 5.18. The maximum atomic E-state index is 12.8. The molecule has 120 valence electrons. The second-order valence-corrected chi connectivity index (χ2v) is 5.60. The Morgan fingerprint density at radius 3 is 2.30 bits per heavy atom. The number of carbonyl (C=O) groups excluding carboxylic acids is 1. The summed E-state index contributed by atoms with van der Waals surface area (Å²) >= 11 is 0. The molecule has 0 N–H and O–H groups in total. The molecule has 1 fully saturated rings. The molecule has 0 saturated carbocycles. The summed E-state index contributed by atoms with van der Waals surface area (Å²) in [4.78, 5) is 31.4. The highest BCUT2D eigenvalue weighted by atomic mass is 16.2. The van der Waals surface area contributed by atoms with Crippen molar-refractivity contribution >= 4 is 17.7 Å². The average molecular weight is 312 g/mol. The SMILES string of the molecule is CN(C)c1ncccc1C(=O)N1CCN(c2ncccn2)CC1. The molecule has 0 aromatic carbocycles. The van der Waals surface area contributed by atoms with Crippen molar-refractivity contribution in [3.63, 3.8) is 0 Å². The first kappa shape index (κ1) is 15.2. The van der Waals surface area contributed by atoms with E-state index < -0.39 is 0 Å². The first-order valence-corrected chi connectivity index (χ1v) is 7.60. The number of amides is 1. The van der Waals surface area contributed by atoms with Gasteiger partial charge >= 0.3 is 0 Å². The van der Waals surface area contributed by atoms with Crippen LogP contribution in [0.5, 0.6) is 0 Å². The van der Waals surface area contributed by atoms with Crippen molar-refractivity contribution in [2.45, 2.75) is 0 Å². The third-order valence-electron chi connectivity index (χ3n) is 3.84. The zero-order chi connectivity index (χ0) is 16.2. The molecule has 7 heteroatoms. The van der Waals surface area contributed by atoms with E-state index >= 15 is 0 Å². The predicted octanol–water partition coefficient (Wildman–Crippen LogP) is 0.900. The monoisotopic (exact) mass is 312 g/mol. The van der Waals surface area contributed by atoms with Gasteiger partial charge in [-0.05, 0) is 18.2 Å². The minimum atomic E-state index is 0.0235. The Morgan fingerprint density at radius 1 is 1.00 bits per heavy atom. The number of anilines is 2. The van der Waals surface area contributed by atoms with E-state index in [1.165, 1.54) is 0 Å². The summed E-state index contributed by atoms with van der Waals surface area (Å²) in [5.74, 6) is 1.44. The Kier molecular flexibility index (Phi) is 4.36. The van der Waals surface area contributed by atoms with Crippen LogP contribution in [0.4, 0.5) is 11.8 Å². The molecule has 3 heterocycles. The normalized spacial score (nSPS) is 14.7. The van der Waals surface area contributed by atoms with Gasteiger partial charge in [0.1, 0.15) is 5.82 Å². The molecule has 3 rings (SSSR count). The summed E-state index contributed by atoms with van der Waals surface area (Å²) in [5, 5.41) is 0. The van der Waals surface area contributed by atoms with Crippen LogP contribution in [-0.4, -0.2) is 66.0 Å². The van der Waals surface area contributed by atoms with Gasteiger partial charge in [-0.25, -0.2) is 15.0 Å². The van der Waals surface area contributed by atoms with E-state index in [0.717, 1.165) is 19.0 Å². The highest BCUT2D eigenvalue weighted by Crippen LogP contribution is 2.18. The van der Waals surface area contributed by atoms with Crippen LogP contribution < -0.4 is 9.80 Å². The number of nitrogens with zero attached hydrogens (tertiary/aromatic N) is 6. The number of hydrogen-bond donors (Lipinski definition) is 0. The molecular formula is C16H20N6O. The zero-order valence-corrected chi connectivity index (χ0v) is 13.4. The lowest BCUT2D eigenvalue weighted by molar-refractivity contribution is 0.0746. The Labute approximate surface area is 135 Å². The fraction of sp³-hybridized carbons (Fsp3) is 0.375. The van der Waals surface area contributed by atoms with Gasteiger partial charge in [-0.2, -0.15) is 0 Å². The third kappa shape index (κ3) is 3.23. The van der Waals surface area contributed by atoms with Crippen LogP contribution in [0.2, 0.25) is 0 Å². The molecule has 1 amide bonds. The van der Waals surface area contributed by atoms with Crippen molar-refractivity contribution in [2.75, 3.05) is 50.1 Å². The van der Waals surface area contributed by atoms with Crippen molar-refractivity contribution in [2.24, 2.45) is 0 Å². The summed E-state index contributed by atoms with van der Waals surface area (Å²) in [5.41, 5.74) is 0.641. The fourth-order valence-electron chi connectivity index (χ4n) is 2.65. The molecular weight excluding hydrogens is 292 g/mol. The number of pyridine rings is 1. The zero-order valence-electron chi connectivity index (χ0n) is 13.4. The fourth-order valence-corrected chi connectivity index (χ4v) is 2.65. The van der Waals surface area contributed by atoms with Gasteiger partial charge in [0, 0.05) is 58.9 Å². The van der Waals surface area contributed by atoms with Crippen molar-refractivity contribution in [3.05, 3.63) is 42.4 Å². The number of hydrogen-bond acceptors (Lipinski definition) is 6. The number of carbonyl (C=O) groups is 1. The maximum Gasteiger partial charge on any atom is 0.257 e. The van der Waals surface area contributed by atoms with E-state index in [4.69, 9.17) is 0 Å². The summed E-state index contributed by atoms with van der Waals surface area (Å²) in [6.45, 7) is 2.76. The van der Waals surface area contributed by atoms with E-state index in [1.54, 1.807) is 30.7 Å². The molecule has 0 bridgehead atoms. The molecule has 0 aliphatic carbocycles. The molecule has 7 nitrogen and oxygen atoms in total. The summed E-state index contributed by atoms with van der Waals surface area (Å²) < 4.78 is 0. The highest BCUT2D eigenvalue weighted by molar-refractivity contribution is 5.99. The van der Waals surface area contributed by atoms with Crippen LogP contribution in [0, 0.1) is 0 Å². The van der Waals surface area contributed by atoms with Crippen molar-refractivity contribution in [1.82, 2.24) is 19.9 Å². The molecule has 0 radical (unpaired) electrons. The van der Waals surface area contributed by atoms with Crippen molar-refractivity contribution in [1.29, 1.82) is 0 Å². The van der Waals surface area contributed by atoms with Crippen LogP contribution >= 0.6 is 0 Å². The number of aromatic nitrogens is 3. The Bertz CT molecular complexity index is 667. The lowest BCUT2D eigenvalue weighted by Crippen LogP contribution is -2.49. The van der Waals surface area contributed by atoms with Crippen LogP contribution in [0.15, 0.2) is 36.8 Å². The van der Waals surface area contributed by atoms with E-state index in [9.17, 15) is 4.79 Å². The van der Waals surface area contributed by atoms with Gasteiger partial charge in [-0.1, -0.05) is 0 Å². The number of piperazine rings is 1. The van der Waals surface area contributed by atoms with Gasteiger partial charge in [0.15, 0.2) is 0 Å². The molecule has 1 aliphatic rings. The van der Waals surface area contributed by atoms with E-state index in [-0.39, 0.29) is 5.91 Å². The van der Waals surface area contributed by atoms with E-state index in [2.05, 4.69) is 19.9 Å². The van der Waals surface area contributed by atoms with Crippen molar-refractivity contribution in [3.8, 4) is 0 Å². The Morgan fingerprint density at radius 2 is 1.65 bits per heavy atom. The van der Waals surface area contributed by atoms with Gasteiger partial charge < -0.3 is 14.7 Å². The van der Waals surface area contributed by atoms with Gasteiger partial charge in [-0.3, -0.25) is 4.79 Å². The van der Waals surface area contributed by atoms with Crippen LogP contribution in [0.1, 0.15) is 10.4 Å². The van der Waals surface area contributed by atoms with Crippen molar-refractivity contribution < 1.29 is 4.79 Å². The third-order valence-corrected chi connectivity index (χ3v) is 3.84. The number of rotatable bonds is 3. The van der Waals surface area contributed by atoms with Crippen LogP contribution in [-0.2, 0) is 0 Å². The first-order valence-electron chi connectivity index (χ1n) is 7.60. The van der Waals surface area contributed by atoms with Gasteiger partial charge in [0.2, 0.25) is 5.95 Å². The summed E-state index contributed by atoms with van der Waals surface area (Å²) in [7, 11) is 3.79. The molecule has 0 atom stereocenters. The molecule has 1 aliphatic heterocycles. The first-order chi connectivity index (χ1) is 11.2. The maximum absolute atomic E-state index is 12.8. The van der Waals surface area contributed by atoms with E-state index in [0.29, 0.717) is 24.5 Å².